The Hall–Kier alpha value is -2.47. The molecule has 0 aliphatic carbocycles. The Balaban J connectivity index is 2.30. The fourth-order valence-corrected chi connectivity index (χ4v) is 3.26. The van der Waals surface area contributed by atoms with E-state index in [0.717, 1.165) is 0 Å². The predicted molar refractivity (Wildman–Crippen MR) is 76.3 cm³/mol. The van der Waals surface area contributed by atoms with Crippen LogP contribution in [0.15, 0.2) is 30.5 Å². The summed E-state index contributed by atoms with van der Waals surface area (Å²) in [5.74, 6) is 0. The van der Waals surface area contributed by atoms with Crippen LogP contribution >= 0.6 is 11.3 Å². The number of nitrogens with zero attached hydrogens (tertiary/aromatic N) is 1. The SMILES string of the molecule is N#Cc1ccc2[nH]cc(-c3cc(C(F)(F)F)sc3C(F)(F)F)c2c1. The van der Waals surface area contributed by atoms with Crippen LogP contribution in [0.5, 0.6) is 0 Å². The van der Waals surface area contributed by atoms with E-state index in [-0.39, 0.29) is 27.8 Å². The van der Waals surface area contributed by atoms with Gasteiger partial charge >= 0.3 is 12.4 Å². The zero-order valence-corrected chi connectivity index (χ0v) is 12.3. The van der Waals surface area contributed by atoms with E-state index in [2.05, 4.69) is 4.98 Å². The van der Waals surface area contributed by atoms with Gasteiger partial charge in [0.1, 0.15) is 9.75 Å². The average molecular weight is 360 g/mol. The molecule has 1 N–H and O–H groups in total. The van der Waals surface area contributed by atoms with Crippen LogP contribution in [0, 0.1) is 11.3 Å². The highest BCUT2D eigenvalue weighted by Gasteiger charge is 2.42. The molecule has 0 fully saturated rings. The minimum atomic E-state index is -4.92. The van der Waals surface area contributed by atoms with Crippen molar-refractivity contribution in [3.63, 3.8) is 0 Å². The number of aromatic nitrogens is 1. The maximum Gasteiger partial charge on any atom is 0.426 e. The number of hydrogen-bond donors (Lipinski definition) is 1. The third kappa shape index (κ3) is 2.73. The Bertz CT molecular complexity index is 955. The van der Waals surface area contributed by atoms with Crippen molar-refractivity contribution < 1.29 is 26.3 Å². The molecule has 0 saturated carbocycles. The Morgan fingerprint density at radius 1 is 0.958 bits per heavy atom. The third-order valence-electron chi connectivity index (χ3n) is 3.37. The molecule has 2 nitrogen and oxygen atoms in total. The maximum absolute atomic E-state index is 13.2. The van der Waals surface area contributed by atoms with Gasteiger partial charge in [0.15, 0.2) is 0 Å². The van der Waals surface area contributed by atoms with E-state index in [9.17, 15) is 26.3 Å². The molecule has 2 aromatic heterocycles. The standard InChI is InChI=1S/C15H6F6N2S/c16-14(17,18)12-4-9(13(24-12)15(19,20)21)10-6-23-11-2-1-7(5-22)3-8(10)11/h1-4,6,23H. The number of alkyl halides is 6. The normalized spacial score (nSPS) is 12.5. The van der Waals surface area contributed by atoms with E-state index < -0.39 is 27.7 Å². The molecule has 0 bridgehead atoms. The highest BCUT2D eigenvalue weighted by atomic mass is 32.1. The summed E-state index contributed by atoms with van der Waals surface area (Å²) in [4.78, 5) is 0.0665. The predicted octanol–water partition coefficient (Wildman–Crippen LogP) is 5.81. The number of fused-ring (bicyclic) bond motifs is 1. The first-order valence-corrected chi connectivity index (χ1v) is 7.22. The van der Waals surface area contributed by atoms with E-state index in [1.54, 1.807) is 0 Å². The third-order valence-corrected chi connectivity index (χ3v) is 4.59. The van der Waals surface area contributed by atoms with Crippen LogP contribution in [0.4, 0.5) is 26.3 Å². The molecule has 0 unspecified atom stereocenters. The van der Waals surface area contributed by atoms with Gasteiger partial charge in [0.25, 0.3) is 0 Å². The smallest absolute Gasteiger partial charge is 0.361 e. The van der Waals surface area contributed by atoms with Crippen molar-refractivity contribution in [1.29, 1.82) is 5.26 Å². The highest BCUT2D eigenvalue weighted by molar-refractivity contribution is 7.12. The van der Waals surface area contributed by atoms with Crippen molar-refractivity contribution >= 4 is 22.2 Å². The maximum atomic E-state index is 13.2. The molecule has 0 aliphatic heterocycles. The molecule has 0 atom stereocenters. The number of halogens is 6. The van der Waals surface area contributed by atoms with Gasteiger partial charge in [-0.05, 0) is 24.3 Å². The van der Waals surface area contributed by atoms with Crippen LogP contribution in [0.3, 0.4) is 0 Å². The number of thiophene rings is 1. The van der Waals surface area contributed by atoms with Gasteiger partial charge in [-0.3, -0.25) is 0 Å². The van der Waals surface area contributed by atoms with Gasteiger partial charge in [0.2, 0.25) is 0 Å². The summed E-state index contributed by atoms with van der Waals surface area (Å²) in [6.45, 7) is 0. The van der Waals surface area contributed by atoms with Crippen LogP contribution in [0.2, 0.25) is 0 Å². The number of nitrogens with one attached hydrogen (secondary N) is 1. The molecule has 24 heavy (non-hydrogen) atoms. The molecular formula is C15H6F6N2S. The van der Waals surface area contributed by atoms with Crippen molar-refractivity contribution in [3.05, 3.63) is 45.8 Å². The van der Waals surface area contributed by atoms with Gasteiger partial charge in [-0.15, -0.1) is 11.3 Å². The number of rotatable bonds is 1. The van der Waals surface area contributed by atoms with E-state index in [4.69, 9.17) is 5.26 Å². The largest absolute Gasteiger partial charge is 0.426 e. The summed E-state index contributed by atoms with van der Waals surface area (Å²) < 4.78 is 78.0. The summed E-state index contributed by atoms with van der Waals surface area (Å²) in [6.07, 6.45) is -8.57. The van der Waals surface area contributed by atoms with Gasteiger partial charge in [0, 0.05) is 28.2 Å². The number of hydrogen-bond acceptors (Lipinski definition) is 2. The minimum Gasteiger partial charge on any atom is -0.361 e. The van der Waals surface area contributed by atoms with Crippen molar-refractivity contribution in [2.24, 2.45) is 0 Å². The summed E-state index contributed by atoms with van der Waals surface area (Å²) >= 11 is -0.339. The lowest BCUT2D eigenvalue weighted by Crippen LogP contribution is -2.03. The molecule has 0 radical (unpaired) electrons. The lowest BCUT2D eigenvalue weighted by atomic mass is 10.0. The van der Waals surface area contributed by atoms with Crippen molar-refractivity contribution in [3.8, 4) is 17.2 Å². The molecule has 1 aromatic carbocycles. The molecule has 0 aliphatic rings. The van der Waals surface area contributed by atoms with Gasteiger partial charge < -0.3 is 4.98 Å². The Labute approximate surface area is 135 Å². The minimum absolute atomic E-state index is 0.0267. The zero-order valence-electron chi connectivity index (χ0n) is 11.5. The van der Waals surface area contributed by atoms with Crippen molar-refractivity contribution in [1.82, 2.24) is 4.98 Å². The van der Waals surface area contributed by atoms with Crippen LogP contribution < -0.4 is 0 Å². The zero-order chi connectivity index (χ0) is 17.7. The summed E-state index contributed by atoms with van der Waals surface area (Å²) in [5, 5.41) is 9.16. The van der Waals surface area contributed by atoms with Crippen LogP contribution in [0.25, 0.3) is 22.0 Å². The molecule has 3 rings (SSSR count). The van der Waals surface area contributed by atoms with E-state index in [0.29, 0.717) is 11.6 Å². The highest BCUT2D eigenvalue weighted by Crippen LogP contribution is 2.48. The first-order valence-electron chi connectivity index (χ1n) is 6.41. The molecular weight excluding hydrogens is 354 g/mol. The second-order valence-corrected chi connectivity index (χ2v) is 5.98. The number of benzene rings is 1. The van der Waals surface area contributed by atoms with Gasteiger partial charge in [-0.1, -0.05) is 0 Å². The van der Waals surface area contributed by atoms with E-state index in [1.165, 1.54) is 24.4 Å². The Kier molecular flexibility index (Phi) is 3.60. The first kappa shape index (κ1) is 16.4. The lowest BCUT2D eigenvalue weighted by molar-refractivity contribution is -0.134. The molecule has 124 valence electrons. The number of H-pyrrole nitrogens is 1. The van der Waals surface area contributed by atoms with Crippen LogP contribution in [0.1, 0.15) is 15.3 Å². The topological polar surface area (TPSA) is 39.6 Å². The molecule has 9 heteroatoms. The molecule has 3 aromatic rings. The summed E-state index contributed by atoms with van der Waals surface area (Å²) in [7, 11) is 0. The Morgan fingerprint density at radius 3 is 2.25 bits per heavy atom. The Morgan fingerprint density at radius 2 is 1.67 bits per heavy atom. The first-order chi connectivity index (χ1) is 11.1. The number of aromatic amines is 1. The van der Waals surface area contributed by atoms with Gasteiger partial charge in [-0.2, -0.15) is 31.6 Å². The van der Waals surface area contributed by atoms with E-state index >= 15 is 0 Å². The summed E-state index contributed by atoms with van der Waals surface area (Å²) in [5.41, 5.74) is 0.0439. The fourth-order valence-electron chi connectivity index (χ4n) is 2.35. The molecule has 0 amide bonds. The monoisotopic (exact) mass is 360 g/mol. The quantitative estimate of drug-likeness (QED) is 0.547. The molecule has 0 spiro atoms. The number of nitriles is 1. The molecule has 0 saturated heterocycles. The summed E-state index contributed by atoms with van der Waals surface area (Å²) in [6, 6.07) is 6.63. The van der Waals surface area contributed by atoms with Crippen molar-refractivity contribution in [2.75, 3.05) is 0 Å². The van der Waals surface area contributed by atoms with E-state index in [1.807, 2.05) is 6.07 Å². The fraction of sp³-hybridized carbons (Fsp3) is 0.133. The van der Waals surface area contributed by atoms with Gasteiger partial charge in [-0.25, -0.2) is 0 Å². The van der Waals surface area contributed by atoms with Crippen molar-refractivity contribution in [2.45, 2.75) is 12.4 Å². The average Bonchev–Trinajstić information content (AvgIpc) is 3.09. The van der Waals surface area contributed by atoms with Crippen LogP contribution in [-0.2, 0) is 12.4 Å². The lowest BCUT2D eigenvalue weighted by Gasteiger charge is -2.06. The van der Waals surface area contributed by atoms with Crippen LogP contribution in [-0.4, -0.2) is 4.98 Å². The second kappa shape index (κ2) is 5.27. The molecule has 2 heterocycles. The van der Waals surface area contributed by atoms with Gasteiger partial charge in [0.05, 0.1) is 11.6 Å². The second-order valence-electron chi connectivity index (χ2n) is 4.92.